The van der Waals surface area contributed by atoms with Gasteiger partial charge < -0.3 is 34.2 Å². The summed E-state index contributed by atoms with van der Waals surface area (Å²) in [7, 11) is 0. The lowest BCUT2D eigenvalue weighted by Crippen LogP contribution is -2.70. The molecule has 1 amide bonds. The van der Waals surface area contributed by atoms with E-state index in [4.69, 9.17) is 24.2 Å². The second-order valence-electron chi connectivity index (χ2n) is 18.1. The van der Waals surface area contributed by atoms with E-state index in [9.17, 15) is 25.6 Å². The molecule has 0 spiro atoms. The van der Waals surface area contributed by atoms with Gasteiger partial charge in [-0.3, -0.25) is 14.9 Å². The van der Waals surface area contributed by atoms with Gasteiger partial charge in [0.15, 0.2) is 0 Å². The van der Waals surface area contributed by atoms with Gasteiger partial charge in [0.2, 0.25) is 5.79 Å². The van der Waals surface area contributed by atoms with E-state index in [0.29, 0.717) is 65.5 Å². The lowest BCUT2D eigenvalue weighted by Gasteiger charge is -2.60. The first-order valence-electron chi connectivity index (χ1n) is 24.3. The molecule has 1 fully saturated rings. The highest BCUT2D eigenvalue weighted by Gasteiger charge is 2.65. The number of amides is 1. The minimum absolute atomic E-state index is 0.00287. The number of hydrogen-bond donors (Lipinski definition) is 2. The molecule has 0 saturated heterocycles. The number of non-ortho nitro benzene ring substituents is 1. The number of unbranched alkanes of at least 4 members (excludes halogenated alkanes) is 2. The lowest BCUT2D eigenvalue weighted by molar-refractivity contribution is -0.384. The summed E-state index contributed by atoms with van der Waals surface area (Å²) in [4.78, 5) is 34.1. The summed E-state index contributed by atoms with van der Waals surface area (Å²) in [6.07, 6.45) is 9.08. The van der Waals surface area contributed by atoms with Crippen LogP contribution in [0.2, 0.25) is 0 Å². The van der Waals surface area contributed by atoms with Crippen LogP contribution in [0.1, 0.15) is 91.3 Å². The number of hydrogen-bond acceptors (Lipinski definition) is 11. The molecule has 70 heavy (non-hydrogen) atoms. The third-order valence-electron chi connectivity index (χ3n) is 13.8. The number of nitrogens with zero attached hydrogens (tertiary/aromatic N) is 4. The van der Waals surface area contributed by atoms with E-state index in [2.05, 4.69) is 36.9 Å². The highest BCUT2D eigenvalue weighted by atomic mass is 16.7. The Kier molecular flexibility index (Phi) is 16.2. The maximum absolute atomic E-state index is 15.1. The number of carbonyl (C=O) groups excluding carboxylic acids is 1. The molecule has 8 rings (SSSR count). The van der Waals surface area contributed by atoms with Crippen LogP contribution in [-0.2, 0) is 16.2 Å². The number of carbonyl (C=O) groups is 1. The van der Waals surface area contributed by atoms with Crippen LogP contribution < -0.4 is 9.47 Å². The summed E-state index contributed by atoms with van der Waals surface area (Å²) in [5, 5.41) is 46.0. The Morgan fingerprint density at radius 2 is 1.63 bits per heavy atom. The predicted octanol–water partition coefficient (Wildman–Crippen LogP) is 11.3. The second kappa shape index (κ2) is 23.0. The molecule has 362 valence electrons. The highest BCUT2D eigenvalue weighted by molar-refractivity contribution is 6.03. The van der Waals surface area contributed by atoms with Gasteiger partial charge in [-0.25, -0.2) is 0 Å². The number of aliphatic hydroxyl groups excluding tert-OH is 2. The van der Waals surface area contributed by atoms with Crippen LogP contribution in [0.3, 0.4) is 0 Å². The Balaban J connectivity index is 1.29. The summed E-state index contributed by atoms with van der Waals surface area (Å²) >= 11 is 0. The van der Waals surface area contributed by atoms with Crippen molar-refractivity contribution >= 4 is 17.3 Å². The SMILES string of the molecule is C=CCO[C@@]12Oc3ccc(Oc4ccc(-c5ccccc5)cc4)cc3[C@H]3[C@H](CCCCO)[C@@H](CCCCO)C=C(C(=NOCc4ccc([N+](=O)[O-])cc4)C[C@@H]1N(CCC)C(=O)c1ccc(C#N)cc1)[C@H]32. The van der Waals surface area contributed by atoms with E-state index in [0.717, 1.165) is 47.9 Å². The molecule has 0 bridgehead atoms. The van der Waals surface area contributed by atoms with E-state index in [1.54, 1.807) is 42.5 Å². The van der Waals surface area contributed by atoms with E-state index in [1.165, 1.54) is 12.1 Å². The minimum Gasteiger partial charge on any atom is -0.459 e. The van der Waals surface area contributed by atoms with Crippen molar-refractivity contribution < 1.29 is 39.0 Å². The first-order chi connectivity index (χ1) is 34.2. The van der Waals surface area contributed by atoms with Gasteiger partial charge in [0, 0.05) is 55.4 Å². The molecule has 5 aromatic carbocycles. The van der Waals surface area contributed by atoms with Crippen LogP contribution in [-0.4, -0.2) is 69.8 Å². The fraction of sp³-hybridized carbons (Fsp3) is 0.351. The second-order valence-corrected chi connectivity index (χ2v) is 18.1. The molecular formula is C57H60N4O9. The number of nitriles is 1. The maximum atomic E-state index is 15.1. The van der Waals surface area contributed by atoms with Gasteiger partial charge in [0.05, 0.1) is 34.8 Å². The fourth-order valence-electron chi connectivity index (χ4n) is 10.6. The summed E-state index contributed by atoms with van der Waals surface area (Å²) in [5.41, 5.74) is 6.07. The first-order valence-corrected chi connectivity index (χ1v) is 24.3. The van der Waals surface area contributed by atoms with E-state index in [1.807, 2.05) is 66.4 Å². The van der Waals surface area contributed by atoms with Crippen LogP contribution >= 0.6 is 0 Å². The van der Waals surface area contributed by atoms with Crippen molar-refractivity contribution in [2.45, 2.75) is 82.6 Å². The number of ether oxygens (including phenoxy) is 3. The zero-order chi connectivity index (χ0) is 49.0. The standard InChI is InChI=1S/C57H60N4O9/c1-3-30-60(56(64)43-20-16-39(37-58)17-21-43)53-36-51(59-68-38-40-18-24-45(25-19-40)61(65)66)49-34-44(14-8-10-31-62)48(15-9-11-32-63)54-50-35-47(28-29-52(50)70-57(53,55(49)54)67-33-4-2)69-46-26-22-42(23-27-46)41-12-6-5-7-13-41/h4-7,12-13,16-29,34-35,44,48,53-55,62-63H,2-3,8-11,14-15,30-33,36,38H2,1H3/t44-,48+,53-,54+,55+,57+/m0/s1. The summed E-state index contributed by atoms with van der Waals surface area (Å²) in [6.45, 7) is 6.66. The summed E-state index contributed by atoms with van der Waals surface area (Å²) < 4.78 is 21.2. The molecule has 2 N–H and O–H groups in total. The zero-order valence-electron chi connectivity index (χ0n) is 39.5. The average Bonchev–Trinajstić information content (AvgIpc) is 3.39. The monoisotopic (exact) mass is 944 g/mol. The molecule has 0 unspecified atom stereocenters. The Labute approximate surface area is 409 Å². The van der Waals surface area contributed by atoms with Gasteiger partial charge in [-0.1, -0.05) is 79.5 Å². The molecule has 5 aromatic rings. The summed E-state index contributed by atoms with van der Waals surface area (Å²) in [5.74, 6) is -0.705. The van der Waals surface area contributed by atoms with Crippen molar-refractivity contribution in [1.82, 2.24) is 4.90 Å². The molecule has 0 radical (unpaired) electrons. The lowest BCUT2D eigenvalue weighted by atomic mass is 9.55. The molecular weight excluding hydrogens is 885 g/mol. The number of allylic oxidation sites excluding steroid dienone is 1. The predicted molar refractivity (Wildman–Crippen MR) is 267 cm³/mol. The van der Waals surface area contributed by atoms with E-state index in [-0.39, 0.29) is 62.2 Å². The third kappa shape index (κ3) is 10.7. The van der Waals surface area contributed by atoms with Crippen LogP contribution in [0.25, 0.3) is 11.1 Å². The van der Waals surface area contributed by atoms with Gasteiger partial charge in [0.25, 0.3) is 11.6 Å². The maximum Gasteiger partial charge on any atom is 0.269 e. The zero-order valence-corrected chi connectivity index (χ0v) is 39.5. The van der Waals surface area contributed by atoms with Crippen molar-refractivity contribution in [1.29, 1.82) is 5.26 Å². The number of rotatable bonds is 22. The van der Waals surface area contributed by atoms with Gasteiger partial charge in [0.1, 0.15) is 29.9 Å². The smallest absolute Gasteiger partial charge is 0.269 e. The van der Waals surface area contributed by atoms with Crippen molar-refractivity contribution in [3.05, 3.63) is 178 Å². The molecule has 13 heteroatoms. The van der Waals surface area contributed by atoms with Crippen molar-refractivity contribution in [3.8, 4) is 34.4 Å². The molecule has 1 heterocycles. The Bertz CT molecular complexity index is 2700. The van der Waals surface area contributed by atoms with Crippen molar-refractivity contribution in [2.24, 2.45) is 22.9 Å². The van der Waals surface area contributed by atoms with Crippen LogP contribution in [0, 0.1) is 39.2 Å². The van der Waals surface area contributed by atoms with E-state index < -0.39 is 22.7 Å². The van der Waals surface area contributed by atoms with Crippen molar-refractivity contribution in [2.75, 3.05) is 26.4 Å². The third-order valence-corrected chi connectivity index (χ3v) is 13.8. The summed E-state index contributed by atoms with van der Waals surface area (Å²) in [6, 6.07) is 38.2. The average molecular weight is 945 g/mol. The Morgan fingerprint density at radius 1 is 0.929 bits per heavy atom. The minimum atomic E-state index is -1.48. The molecule has 1 saturated carbocycles. The number of aliphatic hydroxyl groups is 2. The van der Waals surface area contributed by atoms with E-state index >= 15 is 4.79 Å². The van der Waals surface area contributed by atoms with Gasteiger partial charge >= 0.3 is 0 Å². The molecule has 2 aliphatic carbocycles. The number of benzene rings is 5. The quantitative estimate of drug-likeness (QED) is 0.0294. The van der Waals surface area contributed by atoms with Crippen molar-refractivity contribution in [3.63, 3.8) is 0 Å². The molecule has 13 nitrogen and oxygen atoms in total. The molecule has 3 aliphatic rings. The van der Waals surface area contributed by atoms with Gasteiger partial charge in [-0.05, 0) is 133 Å². The number of fused-ring (bicyclic) bond motifs is 2. The van der Waals surface area contributed by atoms with Crippen LogP contribution in [0.4, 0.5) is 5.69 Å². The van der Waals surface area contributed by atoms with Gasteiger partial charge in [-0.15, -0.1) is 6.58 Å². The fourth-order valence-corrected chi connectivity index (χ4v) is 10.6. The topological polar surface area (TPSA) is 177 Å². The molecule has 1 aliphatic heterocycles. The van der Waals surface area contributed by atoms with Crippen LogP contribution in [0.5, 0.6) is 17.2 Å². The Hall–Kier alpha value is -7.11. The number of nitro benzene ring substituents is 1. The number of oxime groups is 1. The first kappa shape index (κ1) is 49.3. The number of nitro groups is 1. The molecule has 0 aromatic heterocycles. The highest BCUT2D eigenvalue weighted by Crippen LogP contribution is 2.62. The van der Waals surface area contributed by atoms with Crippen LogP contribution in [0.15, 0.2) is 151 Å². The largest absolute Gasteiger partial charge is 0.459 e. The van der Waals surface area contributed by atoms with Gasteiger partial charge in [-0.2, -0.15) is 5.26 Å². The molecule has 6 atom stereocenters. The Morgan fingerprint density at radius 3 is 2.30 bits per heavy atom. The normalized spacial score (nSPS) is 21.5.